The Morgan fingerprint density at radius 3 is 2.55 bits per heavy atom. The second-order valence-electron chi connectivity index (χ2n) is 7.64. The maximum Gasteiger partial charge on any atom is 0.273 e. The number of nitrogens with zero attached hydrogens (tertiary/aromatic N) is 2. The molecule has 0 saturated carbocycles. The summed E-state index contributed by atoms with van der Waals surface area (Å²) in [6.07, 6.45) is 2.14. The molecule has 0 unspecified atom stereocenters. The Morgan fingerprint density at radius 2 is 1.87 bits per heavy atom. The molecule has 1 N–H and O–H groups in total. The largest absolute Gasteiger partial charge is 0.447 e. The average molecular weight is 427 g/mol. The van der Waals surface area contributed by atoms with Gasteiger partial charge in [-0.15, -0.1) is 0 Å². The Morgan fingerprint density at radius 1 is 1.13 bits per heavy atom. The van der Waals surface area contributed by atoms with Gasteiger partial charge in [-0.05, 0) is 31.9 Å². The molecule has 0 aliphatic rings. The maximum atomic E-state index is 14.3. The first-order chi connectivity index (χ1) is 14.9. The standard InChI is InChI=1S/C24H27F2N3O2/c1-4-16(2)27-24(30)22-15-31-23(28-22)14-29(17(3)18-8-6-5-7-9-18)13-19-10-11-20(25)12-21(19)26/h5-12,15-17H,4,13-14H2,1-3H3,(H,27,30)/t16-,17-/m0/s1. The van der Waals surface area contributed by atoms with Crippen LogP contribution in [0.25, 0.3) is 0 Å². The lowest BCUT2D eigenvalue weighted by atomic mass is 10.1. The molecule has 0 aliphatic heterocycles. The van der Waals surface area contributed by atoms with Gasteiger partial charge in [0.2, 0.25) is 5.89 Å². The summed E-state index contributed by atoms with van der Waals surface area (Å²) in [5.41, 5.74) is 1.60. The highest BCUT2D eigenvalue weighted by Gasteiger charge is 2.22. The normalized spacial score (nSPS) is 13.2. The van der Waals surface area contributed by atoms with E-state index < -0.39 is 11.6 Å². The average Bonchev–Trinajstić information content (AvgIpc) is 3.23. The molecule has 3 rings (SSSR count). The molecule has 2 atom stereocenters. The first-order valence-corrected chi connectivity index (χ1v) is 10.4. The summed E-state index contributed by atoms with van der Waals surface area (Å²) in [5, 5.41) is 2.85. The van der Waals surface area contributed by atoms with Gasteiger partial charge in [-0.2, -0.15) is 0 Å². The van der Waals surface area contributed by atoms with Crippen LogP contribution < -0.4 is 5.32 Å². The molecule has 3 aromatic rings. The van der Waals surface area contributed by atoms with Gasteiger partial charge in [0.1, 0.15) is 17.9 Å². The second kappa shape index (κ2) is 10.3. The van der Waals surface area contributed by atoms with Crippen molar-refractivity contribution in [3.05, 3.63) is 89.1 Å². The van der Waals surface area contributed by atoms with Gasteiger partial charge in [-0.3, -0.25) is 9.69 Å². The first-order valence-electron chi connectivity index (χ1n) is 10.4. The summed E-state index contributed by atoms with van der Waals surface area (Å²) in [6.45, 7) is 6.37. The fourth-order valence-corrected chi connectivity index (χ4v) is 3.20. The van der Waals surface area contributed by atoms with Crippen LogP contribution in [0, 0.1) is 11.6 Å². The van der Waals surface area contributed by atoms with Crippen LogP contribution in [0.5, 0.6) is 0 Å². The van der Waals surface area contributed by atoms with Crippen molar-refractivity contribution in [1.82, 2.24) is 15.2 Å². The molecule has 0 spiro atoms. The van der Waals surface area contributed by atoms with E-state index in [1.165, 1.54) is 18.4 Å². The van der Waals surface area contributed by atoms with Crippen LogP contribution in [0.1, 0.15) is 60.7 Å². The van der Waals surface area contributed by atoms with Crippen LogP contribution in [0.3, 0.4) is 0 Å². The highest BCUT2D eigenvalue weighted by atomic mass is 19.1. The number of nitrogens with one attached hydrogen (secondary N) is 1. The number of halogens is 2. The minimum atomic E-state index is -0.617. The fourth-order valence-electron chi connectivity index (χ4n) is 3.20. The second-order valence-corrected chi connectivity index (χ2v) is 7.64. The molecule has 0 aliphatic carbocycles. The number of hydrogen-bond acceptors (Lipinski definition) is 4. The molecule has 0 saturated heterocycles. The quantitative estimate of drug-likeness (QED) is 0.507. The molecule has 0 radical (unpaired) electrons. The molecule has 31 heavy (non-hydrogen) atoms. The van der Waals surface area contributed by atoms with E-state index in [0.717, 1.165) is 18.1 Å². The summed E-state index contributed by atoms with van der Waals surface area (Å²) < 4.78 is 33.2. The minimum Gasteiger partial charge on any atom is -0.447 e. The molecule has 164 valence electrons. The number of hydrogen-bond donors (Lipinski definition) is 1. The zero-order valence-corrected chi connectivity index (χ0v) is 17.9. The van der Waals surface area contributed by atoms with E-state index in [-0.39, 0.29) is 36.8 Å². The Labute approximate surface area is 181 Å². The summed E-state index contributed by atoms with van der Waals surface area (Å²) >= 11 is 0. The van der Waals surface area contributed by atoms with E-state index in [4.69, 9.17) is 4.42 Å². The predicted molar refractivity (Wildman–Crippen MR) is 114 cm³/mol. The number of carbonyl (C=O) groups excluding carboxylic acids is 1. The molecule has 2 aromatic carbocycles. The molecular weight excluding hydrogens is 400 g/mol. The molecular formula is C24H27F2N3O2. The van der Waals surface area contributed by atoms with Gasteiger partial charge in [-0.25, -0.2) is 13.8 Å². The molecule has 0 fully saturated rings. The minimum absolute atomic E-state index is 0.0312. The third-order valence-electron chi connectivity index (χ3n) is 5.33. The van der Waals surface area contributed by atoms with Crippen molar-refractivity contribution in [3.8, 4) is 0 Å². The Kier molecular flexibility index (Phi) is 7.52. The van der Waals surface area contributed by atoms with Crippen LogP contribution in [0.4, 0.5) is 8.78 Å². The van der Waals surface area contributed by atoms with Crippen LogP contribution in [0.2, 0.25) is 0 Å². The van der Waals surface area contributed by atoms with E-state index in [1.807, 2.05) is 56.0 Å². The van der Waals surface area contributed by atoms with E-state index in [0.29, 0.717) is 11.5 Å². The number of benzene rings is 2. The highest BCUT2D eigenvalue weighted by Crippen LogP contribution is 2.25. The van der Waals surface area contributed by atoms with Crippen molar-refractivity contribution >= 4 is 5.91 Å². The van der Waals surface area contributed by atoms with Crippen LogP contribution >= 0.6 is 0 Å². The van der Waals surface area contributed by atoms with Crippen molar-refractivity contribution in [3.63, 3.8) is 0 Å². The SMILES string of the molecule is CC[C@H](C)NC(=O)c1coc(CN(Cc2ccc(F)cc2F)[C@@H](C)c2ccccc2)n1. The zero-order chi connectivity index (χ0) is 22.4. The third-order valence-corrected chi connectivity index (χ3v) is 5.33. The smallest absolute Gasteiger partial charge is 0.273 e. The van der Waals surface area contributed by atoms with Gasteiger partial charge >= 0.3 is 0 Å². The van der Waals surface area contributed by atoms with Crippen LogP contribution in [0.15, 0.2) is 59.2 Å². The highest BCUT2D eigenvalue weighted by molar-refractivity contribution is 5.92. The summed E-state index contributed by atoms with van der Waals surface area (Å²) in [4.78, 5) is 18.6. The Hall–Kier alpha value is -3.06. The molecule has 1 heterocycles. The van der Waals surface area contributed by atoms with Crippen molar-refractivity contribution in [2.24, 2.45) is 0 Å². The van der Waals surface area contributed by atoms with Crippen molar-refractivity contribution in [2.75, 3.05) is 0 Å². The van der Waals surface area contributed by atoms with Gasteiger partial charge in [0, 0.05) is 30.3 Å². The van der Waals surface area contributed by atoms with Gasteiger partial charge in [-0.1, -0.05) is 43.3 Å². The number of rotatable bonds is 9. The third kappa shape index (κ3) is 5.98. The molecule has 0 bridgehead atoms. The predicted octanol–water partition coefficient (Wildman–Crippen LogP) is 5.24. The number of oxazole rings is 1. The van der Waals surface area contributed by atoms with Gasteiger partial charge in [0.05, 0.1) is 6.54 Å². The van der Waals surface area contributed by atoms with Crippen molar-refractivity contribution < 1.29 is 18.0 Å². The van der Waals surface area contributed by atoms with Crippen molar-refractivity contribution in [2.45, 2.75) is 52.4 Å². The summed E-state index contributed by atoms with van der Waals surface area (Å²) in [6, 6.07) is 13.3. The summed E-state index contributed by atoms with van der Waals surface area (Å²) in [5.74, 6) is -1.17. The maximum absolute atomic E-state index is 14.3. The van der Waals surface area contributed by atoms with E-state index in [2.05, 4.69) is 10.3 Å². The molecule has 1 amide bonds. The summed E-state index contributed by atoms with van der Waals surface area (Å²) in [7, 11) is 0. The molecule has 5 nitrogen and oxygen atoms in total. The van der Waals surface area contributed by atoms with Crippen molar-refractivity contribution in [1.29, 1.82) is 0 Å². The first kappa shape index (κ1) is 22.6. The van der Waals surface area contributed by atoms with E-state index in [9.17, 15) is 13.6 Å². The monoisotopic (exact) mass is 427 g/mol. The fraction of sp³-hybridized carbons (Fsp3) is 0.333. The zero-order valence-electron chi connectivity index (χ0n) is 17.9. The number of amides is 1. The molecule has 7 heteroatoms. The topological polar surface area (TPSA) is 58.4 Å². The van der Waals surface area contributed by atoms with E-state index in [1.54, 1.807) is 0 Å². The van der Waals surface area contributed by atoms with Crippen LogP contribution in [-0.4, -0.2) is 21.8 Å². The lowest BCUT2D eigenvalue weighted by Gasteiger charge is -2.28. The van der Waals surface area contributed by atoms with E-state index >= 15 is 0 Å². The van der Waals surface area contributed by atoms with Gasteiger partial charge in [0.25, 0.3) is 5.91 Å². The van der Waals surface area contributed by atoms with Crippen LogP contribution in [-0.2, 0) is 13.1 Å². The number of aromatic nitrogens is 1. The van der Waals surface area contributed by atoms with Gasteiger partial charge < -0.3 is 9.73 Å². The lowest BCUT2D eigenvalue weighted by molar-refractivity contribution is 0.0934. The number of carbonyl (C=O) groups is 1. The molecule has 1 aromatic heterocycles. The lowest BCUT2D eigenvalue weighted by Crippen LogP contribution is -2.32. The Bertz CT molecular complexity index is 1010. The van der Waals surface area contributed by atoms with Gasteiger partial charge in [0.15, 0.2) is 5.69 Å². The Balaban J connectivity index is 1.82.